The summed E-state index contributed by atoms with van der Waals surface area (Å²) in [4.78, 5) is 0.289. The normalized spacial score (nSPS) is 17.5. The molecule has 0 radical (unpaired) electrons. The fraction of sp³-hybridized carbons (Fsp3) is 0.182. The second kappa shape index (κ2) is 8.63. The Morgan fingerprint density at radius 2 is 1.45 bits per heavy atom. The number of rotatable bonds is 6. The molecule has 0 N–H and O–H groups in total. The highest BCUT2D eigenvalue weighted by molar-refractivity contribution is 7.92. The van der Waals surface area contributed by atoms with Crippen LogP contribution in [-0.2, 0) is 19.9 Å². The zero-order chi connectivity index (χ0) is 22.1. The van der Waals surface area contributed by atoms with Gasteiger partial charge in [-0.25, -0.2) is 16.8 Å². The summed E-state index contributed by atoms with van der Waals surface area (Å²) in [5.74, 6) is 0.909. The van der Waals surface area contributed by atoms with Crippen molar-refractivity contribution in [1.29, 1.82) is 0 Å². The van der Waals surface area contributed by atoms with Crippen molar-refractivity contribution in [2.24, 2.45) is 0 Å². The van der Waals surface area contributed by atoms with Crippen molar-refractivity contribution in [3.05, 3.63) is 83.9 Å². The first-order valence-corrected chi connectivity index (χ1v) is 13.0. The highest BCUT2D eigenvalue weighted by Gasteiger charge is 2.39. The Kier molecular flexibility index (Phi) is 6.07. The van der Waals surface area contributed by atoms with Crippen LogP contribution in [0.3, 0.4) is 0 Å². The molecule has 9 heteroatoms. The van der Waals surface area contributed by atoms with Gasteiger partial charge in [0, 0.05) is 13.1 Å². The third-order valence-corrected chi connectivity index (χ3v) is 9.53. The molecule has 0 aromatic heterocycles. The number of sulfone groups is 1. The average molecular weight is 478 g/mol. The lowest BCUT2D eigenvalue weighted by molar-refractivity contribution is 0.474. The topological polar surface area (TPSA) is 80.8 Å². The molecule has 4 rings (SSSR count). The van der Waals surface area contributed by atoms with Gasteiger partial charge in [-0.15, -0.1) is 0 Å². The Morgan fingerprint density at radius 3 is 2.13 bits per heavy atom. The van der Waals surface area contributed by atoms with Gasteiger partial charge in [0.25, 0.3) is 0 Å². The molecular formula is C22H20ClNO5S2. The lowest BCUT2D eigenvalue weighted by Gasteiger charge is -2.17. The third kappa shape index (κ3) is 4.48. The van der Waals surface area contributed by atoms with Crippen molar-refractivity contribution < 1.29 is 21.6 Å². The number of para-hydroxylation sites is 1. The molecule has 3 aromatic carbocycles. The van der Waals surface area contributed by atoms with Crippen LogP contribution in [0.1, 0.15) is 6.42 Å². The number of hydrogen-bond acceptors (Lipinski definition) is 5. The Hall–Kier alpha value is -2.39. The number of nitrogens with zero attached hydrogens (tertiary/aromatic N) is 1. The van der Waals surface area contributed by atoms with E-state index in [1.165, 1.54) is 28.6 Å². The second-order valence-corrected chi connectivity index (χ2v) is 11.7. The van der Waals surface area contributed by atoms with E-state index in [0.29, 0.717) is 16.5 Å². The van der Waals surface area contributed by atoms with E-state index in [0.717, 1.165) is 0 Å². The molecule has 1 unspecified atom stereocenters. The first-order valence-electron chi connectivity index (χ1n) is 9.60. The predicted molar refractivity (Wildman–Crippen MR) is 119 cm³/mol. The molecule has 1 atom stereocenters. The number of benzene rings is 3. The fourth-order valence-electron chi connectivity index (χ4n) is 3.46. The van der Waals surface area contributed by atoms with Crippen molar-refractivity contribution >= 4 is 31.5 Å². The zero-order valence-corrected chi connectivity index (χ0v) is 18.8. The van der Waals surface area contributed by atoms with E-state index in [4.69, 9.17) is 16.3 Å². The number of hydrogen-bond donors (Lipinski definition) is 0. The highest BCUT2D eigenvalue weighted by Crippen LogP contribution is 2.31. The molecule has 0 aliphatic carbocycles. The molecule has 1 saturated heterocycles. The molecule has 0 bridgehead atoms. The molecule has 1 aliphatic rings. The van der Waals surface area contributed by atoms with Crippen molar-refractivity contribution in [3.63, 3.8) is 0 Å². The fourth-order valence-corrected chi connectivity index (χ4v) is 6.94. The van der Waals surface area contributed by atoms with E-state index in [1.54, 1.807) is 54.6 Å². The third-order valence-electron chi connectivity index (χ3n) is 5.14. The molecule has 6 nitrogen and oxygen atoms in total. The maximum atomic E-state index is 13.0. The smallest absolute Gasteiger partial charge is 0.243 e. The lowest BCUT2D eigenvalue weighted by Crippen LogP contribution is -2.32. The standard InChI is InChI=1S/C22H20ClNO5S2/c23-21-8-4-5-9-22(21)29-17-10-12-19(13-11-17)31(27,28)24-15-14-20(16-24)30(25,26)18-6-2-1-3-7-18/h1-13,20H,14-16H2. The van der Waals surface area contributed by atoms with Crippen LogP contribution in [0.15, 0.2) is 88.7 Å². The van der Waals surface area contributed by atoms with Crippen LogP contribution < -0.4 is 4.74 Å². The first kappa shape index (κ1) is 21.8. The Labute approximate surface area is 187 Å². The molecule has 31 heavy (non-hydrogen) atoms. The van der Waals surface area contributed by atoms with Crippen LogP contribution in [0.5, 0.6) is 11.5 Å². The summed E-state index contributed by atoms with van der Waals surface area (Å²) in [6, 6.07) is 21.1. The van der Waals surface area contributed by atoms with Crippen LogP contribution in [0.4, 0.5) is 0 Å². The molecular weight excluding hydrogens is 458 g/mol. The van der Waals surface area contributed by atoms with Gasteiger partial charge in [0.15, 0.2) is 9.84 Å². The molecule has 3 aromatic rings. The van der Waals surface area contributed by atoms with Gasteiger partial charge in [0.05, 0.1) is 20.1 Å². The largest absolute Gasteiger partial charge is 0.456 e. The van der Waals surface area contributed by atoms with Gasteiger partial charge in [0.1, 0.15) is 11.5 Å². The van der Waals surface area contributed by atoms with E-state index in [2.05, 4.69) is 0 Å². The summed E-state index contributed by atoms with van der Waals surface area (Å²) >= 11 is 6.08. The van der Waals surface area contributed by atoms with Crippen LogP contribution in [0.2, 0.25) is 5.02 Å². The highest BCUT2D eigenvalue weighted by atomic mass is 35.5. The minimum absolute atomic E-state index is 0.0720. The second-order valence-electron chi connectivity index (χ2n) is 7.14. The maximum absolute atomic E-state index is 13.0. The predicted octanol–water partition coefficient (Wildman–Crippen LogP) is 4.37. The lowest BCUT2D eigenvalue weighted by atomic mass is 10.3. The summed E-state index contributed by atoms with van der Waals surface area (Å²) in [5, 5.41) is -0.325. The molecule has 1 fully saturated rings. The van der Waals surface area contributed by atoms with Gasteiger partial charge in [-0.1, -0.05) is 41.9 Å². The molecule has 1 aliphatic heterocycles. The zero-order valence-electron chi connectivity index (χ0n) is 16.4. The van der Waals surface area contributed by atoms with Gasteiger partial charge in [-0.05, 0) is 55.0 Å². The summed E-state index contributed by atoms with van der Waals surface area (Å²) in [6.07, 6.45) is 0.254. The van der Waals surface area contributed by atoms with Gasteiger partial charge < -0.3 is 4.74 Å². The van der Waals surface area contributed by atoms with Crippen molar-refractivity contribution in [1.82, 2.24) is 4.31 Å². The van der Waals surface area contributed by atoms with Gasteiger partial charge in [-0.3, -0.25) is 0 Å². The number of sulfonamides is 1. The van der Waals surface area contributed by atoms with E-state index < -0.39 is 25.1 Å². The van der Waals surface area contributed by atoms with E-state index in [-0.39, 0.29) is 29.3 Å². The first-order chi connectivity index (χ1) is 14.8. The van der Waals surface area contributed by atoms with E-state index in [1.807, 2.05) is 0 Å². The Bertz CT molecular complexity index is 1280. The molecule has 0 saturated carbocycles. The maximum Gasteiger partial charge on any atom is 0.243 e. The summed E-state index contributed by atoms with van der Waals surface area (Å²) in [7, 11) is -7.42. The minimum Gasteiger partial charge on any atom is -0.456 e. The Balaban J connectivity index is 1.49. The van der Waals surface area contributed by atoms with Crippen molar-refractivity contribution in [3.8, 4) is 11.5 Å². The SMILES string of the molecule is O=S(=O)(c1ccccc1)C1CCN(S(=O)(=O)c2ccc(Oc3ccccc3Cl)cc2)C1. The molecule has 0 amide bonds. The van der Waals surface area contributed by atoms with Gasteiger partial charge in [-0.2, -0.15) is 4.31 Å². The van der Waals surface area contributed by atoms with Gasteiger partial charge in [0.2, 0.25) is 10.0 Å². The van der Waals surface area contributed by atoms with E-state index >= 15 is 0 Å². The molecule has 1 heterocycles. The molecule has 0 spiro atoms. The van der Waals surface area contributed by atoms with Gasteiger partial charge >= 0.3 is 0 Å². The molecule has 162 valence electrons. The Morgan fingerprint density at radius 1 is 0.806 bits per heavy atom. The average Bonchev–Trinajstić information content (AvgIpc) is 3.29. The van der Waals surface area contributed by atoms with Crippen LogP contribution in [0, 0.1) is 0 Å². The van der Waals surface area contributed by atoms with Crippen LogP contribution in [0.25, 0.3) is 0 Å². The van der Waals surface area contributed by atoms with E-state index in [9.17, 15) is 16.8 Å². The summed E-state index contributed by atoms with van der Waals surface area (Å²) in [5.41, 5.74) is 0. The van der Waals surface area contributed by atoms with Crippen LogP contribution in [-0.4, -0.2) is 39.5 Å². The van der Waals surface area contributed by atoms with Crippen molar-refractivity contribution in [2.75, 3.05) is 13.1 Å². The number of halogens is 1. The van der Waals surface area contributed by atoms with Crippen molar-refractivity contribution in [2.45, 2.75) is 21.5 Å². The monoisotopic (exact) mass is 477 g/mol. The van der Waals surface area contributed by atoms with Crippen LogP contribution >= 0.6 is 11.6 Å². The summed E-state index contributed by atoms with van der Waals surface area (Å²) in [6.45, 7) is 0.0778. The summed E-state index contributed by atoms with van der Waals surface area (Å²) < 4.78 is 58.7. The number of ether oxygens (including phenoxy) is 1. The quantitative estimate of drug-likeness (QED) is 0.526. The minimum atomic E-state index is -3.82.